The highest BCUT2D eigenvalue weighted by Gasteiger charge is 2.48. The highest BCUT2D eigenvalue weighted by Crippen LogP contribution is 2.39. The predicted octanol–water partition coefficient (Wildman–Crippen LogP) is 5.51. The van der Waals surface area contributed by atoms with E-state index in [0.29, 0.717) is 5.82 Å². The molecule has 3 atom stereocenters. The van der Waals surface area contributed by atoms with Crippen LogP contribution >= 0.6 is 22.6 Å². The second kappa shape index (κ2) is 8.84. The summed E-state index contributed by atoms with van der Waals surface area (Å²) >= 11 is 2.27. The summed E-state index contributed by atoms with van der Waals surface area (Å²) in [6, 6.07) is 14.8. The van der Waals surface area contributed by atoms with E-state index in [0.717, 1.165) is 45.9 Å². The number of benzene rings is 2. The van der Waals surface area contributed by atoms with Crippen molar-refractivity contribution in [3.8, 4) is 0 Å². The largest absolute Gasteiger partial charge is 0.340 e. The Balaban J connectivity index is 1.56. The zero-order chi connectivity index (χ0) is 22.2. The smallest absolute Gasteiger partial charge is 0.325 e. The minimum absolute atomic E-state index is 0.115. The molecule has 1 saturated heterocycles. The van der Waals surface area contributed by atoms with Crippen molar-refractivity contribution in [1.82, 2.24) is 20.2 Å². The van der Waals surface area contributed by atoms with Gasteiger partial charge >= 0.3 is 6.03 Å². The summed E-state index contributed by atoms with van der Waals surface area (Å²) in [5.74, 6) is 0.627. The van der Waals surface area contributed by atoms with Gasteiger partial charge in [0.05, 0.1) is 11.0 Å². The number of rotatable bonds is 5. The van der Waals surface area contributed by atoms with Gasteiger partial charge in [-0.15, -0.1) is 0 Å². The van der Waals surface area contributed by atoms with Crippen LogP contribution in [0.1, 0.15) is 62.4 Å². The van der Waals surface area contributed by atoms with Crippen LogP contribution in [0.5, 0.6) is 0 Å². The molecule has 1 aliphatic heterocycles. The van der Waals surface area contributed by atoms with E-state index in [-0.39, 0.29) is 23.8 Å². The van der Waals surface area contributed by atoms with Crippen molar-refractivity contribution >= 4 is 45.6 Å². The number of imide groups is 1. The van der Waals surface area contributed by atoms with E-state index in [1.54, 1.807) is 0 Å². The number of aromatic amines is 1. The third-order valence-corrected chi connectivity index (χ3v) is 7.61. The molecule has 2 N–H and O–H groups in total. The number of hydrogen-bond donors (Lipinski definition) is 2. The van der Waals surface area contributed by atoms with Crippen LogP contribution < -0.4 is 5.32 Å². The Morgan fingerprint density at radius 3 is 2.56 bits per heavy atom. The van der Waals surface area contributed by atoms with Gasteiger partial charge < -0.3 is 10.3 Å². The quantitative estimate of drug-likeness (QED) is 0.330. The first kappa shape index (κ1) is 21.4. The van der Waals surface area contributed by atoms with Crippen molar-refractivity contribution in [3.63, 3.8) is 0 Å². The topological polar surface area (TPSA) is 78.1 Å². The van der Waals surface area contributed by atoms with E-state index in [4.69, 9.17) is 4.98 Å². The molecule has 2 fully saturated rings. The predicted molar refractivity (Wildman–Crippen MR) is 132 cm³/mol. The summed E-state index contributed by atoms with van der Waals surface area (Å²) in [7, 11) is 0. The van der Waals surface area contributed by atoms with Gasteiger partial charge in [0.2, 0.25) is 0 Å². The average molecular weight is 542 g/mol. The molecule has 1 saturated carbocycles. The van der Waals surface area contributed by atoms with E-state index >= 15 is 0 Å². The summed E-state index contributed by atoms with van der Waals surface area (Å²) in [6.45, 7) is 2.06. The van der Waals surface area contributed by atoms with Crippen LogP contribution in [0.25, 0.3) is 11.0 Å². The normalized spacial score (nSPS) is 21.7. The van der Waals surface area contributed by atoms with Crippen LogP contribution in [0.2, 0.25) is 0 Å². The minimum atomic E-state index is -0.511. The Bertz CT molecular complexity index is 1140. The number of carbonyl (C=O) groups excluding carboxylic acids is 2. The molecule has 5 rings (SSSR count). The second-order valence-corrected chi connectivity index (χ2v) is 10.2. The van der Waals surface area contributed by atoms with Crippen LogP contribution in [0.3, 0.4) is 0 Å². The van der Waals surface area contributed by atoms with Gasteiger partial charge in [-0.25, -0.2) is 9.78 Å². The number of imidazole rings is 1. The van der Waals surface area contributed by atoms with E-state index in [1.165, 1.54) is 11.3 Å². The van der Waals surface area contributed by atoms with E-state index in [2.05, 4.69) is 39.8 Å². The van der Waals surface area contributed by atoms with Gasteiger partial charge in [0.1, 0.15) is 17.9 Å². The molecule has 1 unspecified atom stereocenters. The molecule has 7 heteroatoms. The van der Waals surface area contributed by atoms with Crippen molar-refractivity contribution in [2.24, 2.45) is 5.92 Å². The lowest BCUT2D eigenvalue weighted by Gasteiger charge is -2.30. The van der Waals surface area contributed by atoms with Crippen LogP contribution in [0, 0.1) is 9.49 Å². The molecule has 2 heterocycles. The molecular weight excluding hydrogens is 515 g/mol. The number of aromatic nitrogens is 2. The van der Waals surface area contributed by atoms with Crippen molar-refractivity contribution in [1.29, 1.82) is 0 Å². The van der Waals surface area contributed by atoms with E-state index < -0.39 is 12.1 Å². The number of hydrogen-bond acceptors (Lipinski definition) is 3. The number of amides is 3. The zero-order valence-electron chi connectivity index (χ0n) is 18.1. The van der Waals surface area contributed by atoms with Crippen LogP contribution in [0.15, 0.2) is 48.5 Å². The number of nitrogens with zero attached hydrogens (tertiary/aromatic N) is 2. The summed E-state index contributed by atoms with van der Waals surface area (Å²) in [6.07, 6.45) is 5.44. The van der Waals surface area contributed by atoms with Gasteiger partial charge in [0, 0.05) is 9.49 Å². The average Bonchev–Trinajstić information content (AvgIpc) is 3.36. The molecule has 2 aromatic carbocycles. The van der Waals surface area contributed by atoms with Crippen LogP contribution in [-0.4, -0.2) is 32.8 Å². The maximum atomic E-state index is 13.6. The molecule has 3 aromatic rings. The second-order valence-electron chi connectivity index (χ2n) is 8.96. The monoisotopic (exact) mass is 542 g/mol. The van der Waals surface area contributed by atoms with Crippen LogP contribution in [-0.2, 0) is 4.79 Å². The fourth-order valence-electron chi connectivity index (χ4n) is 5.22. The van der Waals surface area contributed by atoms with Crippen molar-refractivity contribution < 1.29 is 9.59 Å². The molecule has 32 heavy (non-hydrogen) atoms. The SMILES string of the molecule is C[C@@H](c1ccccc1)C(c1nc2cc(I)ccc2[nH]1)N1C(=O)N[C@H](C2CCCCC2)C1=O. The zero-order valence-corrected chi connectivity index (χ0v) is 20.2. The van der Waals surface area contributed by atoms with E-state index in [1.807, 2.05) is 48.5 Å². The maximum absolute atomic E-state index is 13.6. The summed E-state index contributed by atoms with van der Waals surface area (Å²) in [5.41, 5.74) is 2.81. The standard InChI is InChI=1S/C25H27IN4O2/c1-15(16-8-4-2-5-9-16)22(23-27-19-13-12-18(26)14-20(19)28-23)30-24(31)21(29-25(30)32)17-10-6-3-7-11-17/h2,4-5,8-9,12-15,17,21-22H,3,6-7,10-11H2,1H3,(H,27,28)(H,29,32)/t15-,21+,22?/m0/s1. The lowest BCUT2D eigenvalue weighted by atomic mass is 9.83. The maximum Gasteiger partial charge on any atom is 0.325 e. The molecule has 0 radical (unpaired) electrons. The first-order valence-corrected chi connectivity index (χ1v) is 12.4. The highest BCUT2D eigenvalue weighted by molar-refractivity contribution is 14.1. The lowest BCUT2D eigenvalue weighted by molar-refractivity contribution is -0.131. The number of nitrogens with one attached hydrogen (secondary N) is 2. The molecule has 0 spiro atoms. The molecule has 1 aliphatic carbocycles. The Hall–Kier alpha value is -2.42. The van der Waals surface area contributed by atoms with Gasteiger partial charge in [-0.3, -0.25) is 9.69 Å². The summed E-state index contributed by atoms with van der Waals surface area (Å²) in [4.78, 5) is 36.5. The van der Waals surface area contributed by atoms with Gasteiger partial charge in [-0.1, -0.05) is 56.5 Å². The van der Waals surface area contributed by atoms with Gasteiger partial charge in [-0.05, 0) is 65.1 Å². The Morgan fingerprint density at radius 1 is 1.06 bits per heavy atom. The lowest BCUT2D eigenvalue weighted by Crippen LogP contribution is -2.40. The molecule has 0 bridgehead atoms. The molecule has 6 nitrogen and oxygen atoms in total. The molecule has 3 amide bonds. The number of H-pyrrole nitrogens is 1. The molecular formula is C25H27IN4O2. The number of halogens is 1. The summed E-state index contributed by atoms with van der Waals surface area (Å²) < 4.78 is 1.09. The fraction of sp³-hybridized carbons (Fsp3) is 0.400. The highest BCUT2D eigenvalue weighted by atomic mass is 127. The molecule has 1 aromatic heterocycles. The van der Waals surface area contributed by atoms with Gasteiger partial charge in [0.25, 0.3) is 5.91 Å². The number of urea groups is 1. The third-order valence-electron chi connectivity index (χ3n) is 6.94. The summed E-state index contributed by atoms with van der Waals surface area (Å²) in [5, 5.41) is 3.02. The Labute approximate surface area is 201 Å². The first-order chi connectivity index (χ1) is 15.5. The number of fused-ring (bicyclic) bond motifs is 1. The van der Waals surface area contributed by atoms with E-state index in [9.17, 15) is 9.59 Å². The Kier molecular flexibility index (Phi) is 5.92. The van der Waals surface area contributed by atoms with Gasteiger partial charge in [0.15, 0.2) is 0 Å². The molecule has 2 aliphatic rings. The fourth-order valence-corrected chi connectivity index (χ4v) is 5.70. The Morgan fingerprint density at radius 2 is 1.81 bits per heavy atom. The van der Waals surface area contributed by atoms with Crippen molar-refractivity contribution in [2.45, 2.75) is 57.0 Å². The molecule has 166 valence electrons. The van der Waals surface area contributed by atoms with Crippen molar-refractivity contribution in [2.75, 3.05) is 0 Å². The minimum Gasteiger partial charge on any atom is -0.340 e. The number of carbonyl (C=O) groups is 2. The third kappa shape index (κ3) is 3.91. The van der Waals surface area contributed by atoms with Crippen LogP contribution in [0.4, 0.5) is 4.79 Å². The van der Waals surface area contributed by atoms with Gasteiger partial charge in [-0.2, -0.15) is 0 Å². The van der Waals surface area contributed by atoms with Crippen molar-refractivity contribution in [3.05, 3.63) is 63.5 Å². The first-order valence-electron chi connectivity index (χ1n) is 11.4.